The monoisotopic (exact) mass is 252 g/mol. The van der Waals surface area contributed by atoms with Crippen molar-refractivity contribution in [2.75, 3.05) is 13.2 Å². The summed E-state index contributed by atoms with van der Waals surface area (Å²) in [5, 5.41) is 13.6. The summed E-state index contributed by atoms with van der Waals surface area (Å²) >= 11 is 0. The number of carbonyl (C=O) groups excluding carboxylic acids is 1. The number of nitrogens with zero attached hydrogens (tertiary/aromatic N) is 1. The molecule has 0 atom stereocenters. The Morgan fingerprint density at radius 2 is 2.22 bits per heavy atom. The Labute approximate surface area is 105 Å². The highest BCUT2D eigenvalue weighted by molar-refractivity contribution is 5.71. The molecule has 0 spiro atoms. The van der Waals surface area contributed by atoms with E-state index >= 15 is 0 Å². The first-order chi connectivity index (χ1) is 8.54. The van der Waals surface area contributed by atoms with Crippen molar-refractivity contribution in [2.45, 2.75) is 20.4 Å². The molecule has 0 aromatic heterocycles. The number of aryl methyl sites for hydroxylation is 1. The smallest absolute Gasteiger partial charge is 0.319 e. The Hall–Kier alpha value is -1.95. The Morgan fingerprint density at radius 1 is 1.50 bits per heavy atom. The first kappa shape index (κ1) is 14.1. The van der Waals surface area contributed by atoms with Gasteiger partial charge in [0, 0.05) is 18.2 Å². The van der Waals surface area contributed by atoms with Gasteiger partial charge in [-0.1, -0.05) is 6.07 Å². The van der Waals surface area contributed by atoms with Crippen molar-refractivity contribution in [3.05, 3.63) is 39.4 Å². The van der Waals surface area contributed by atoms with Crippen molar-refractivity contribution in [1.82, 2.24) is 5.32 Å². The summed E-state index contributed by atoms with van der Waals surface area (Å²) in [4.78, 5) is 21.3. The summed E-state index contributed by atoms with van der Waals surface area (Å²) in [7, 11) is 0. The number of hydrogen-bond acceptors (Lipinski definition) is 5. The van der Waals surface area contributed by atoms with Crippen LogP contribution >= 0.6 is 0 Å². The van der Waals surface area contributed by atoms with Crippen LogP contribution in [-0.2, 0) is 16.1 Å². The van der Waals surface area contributed by atoms with Gasteiger partial charge in [-0.15, -0.1) is 0 Å². The van der Waals surface area contributed by atoms with E-state index < -0.39 is 4.92 Å². The highest BCUT2D eigenvalue weighted by atomic mass is 16.6. The highest BCUT2D eigenvalue weighted by Gasteiger charge is 2.10. The molecule has 0 saturated heterocycles. The van der Waals surface area contributed by atoms with E-state index in [1.54, 1.807) is 26.0 Å². The maximum Gasteiger partial charge on any atom is 0.319 e. The van der Waals surface area contributed by atoms with E-state index in [0.29, 0.717) is 18.7 Å². The van der Waals surface area contributed by atoms with Gasteiger partial charge in [0.2, 0.25) is 0 Å². The van der Waals surface area contributed by atoms with Gasteiger partial charge < -0.3 is 10.1 Å². The van der Waals surface area contributed by atoms with Crippen LogP contribution in [0, 0.1) is 17.0 Å². The van der Waals surface area contributed by atoms with Crippen LogP contribution in [0.15, 0.2) is 18.2 Å². The Morgan fingerprint density at radius 3 is 2.78 bits per heavy atom. The maximum atomic E-state index is 11.1. The van der Waals surface area contributed by atoms with Gasteiger partial charge in [0.25, 0.3) is 5.69 Å². The molecule has 98 valence electrons. The van der Waals surface area contributed by atoms with E-state index in [-0.39, 0.29) is 18.2 Å². The third-order valence-electron chi connectivity index (χ3n) is 2.36. The number of ether oxygens (including phenoxy) is 1. The molecule has 18 heavy (non-hydrogen) atoms. The van der Waals surface area contributed by atoms with E-state index in [9.17, 15) is 14.9 Å². The van der Waals surface area contributed by atoms with Crippen molar-refractivity contribution in [1.29, 1.82) is 0 Å². The van der Waals surface area contributed by atoms with Gasteiger partial charge in [-0.2, -0.15) is 0 Å². The second-order valence-electron chi connectivity index (χ2n) is 3.79. The quantitative estimate of drug-likeness (QED) is 0.472. The normalized spacial score (nSPS) is 10.1. The SMILES string of the molecule is CCOC(=O)CNCc1ccc([N+](=O)[O-])c(C)c1. The van der Waals surface area contributed by atoms with Gasteiger partial charge in [-0.3, -0.25) is 14.9 Å². The van der Waals surface area contributed by atoms with Crippen LogP contribution in [-0.4, -0.2) is 24.0 Å². The summed E-state index contributed by atoms with van der Waals surface area (Å²) in [5.74, 6) is -0.309. The zero-order chi connectivity index (χ0) is 13.5. The minimum absolute atomic E-state index is 0.101. The molecule has 0 radical (unpaired) electrons. The number of nitro groups is 1. The van der Waals surface area contributed by atoms with Gasteiger partial charge in [0.05, 0.1) is 18.1 Å². The third kappa shape index (κ3) is 4.14. The second-order valence-corrected chi connectivity index (χ2v) is 3.79. The second kappa shape index (κ2) is 6.70. The lowest BCUT2D eigenvalue weighted by Crippen LogP contribution is -2.24. The number of carbonyl (C=O) groups is 1. The molecular formula is C12H16N2O4. The maximum absolute atomic E-state index is 11.1. The van der Waals surface area contributed by atoms with Crippen molar-refractivity contribution in [3.63, 3.8) is 0 Å². The fourth-order valence-electron chi connectivity index (χ4n) is 1.55. The summed E-state index contributed by atoms with van der Waals surface area (Å²) < 4.78 is 4.76. The van der Waals surface area contributed by atoms with Crippen LogP contribution in [0.2, 0.25) is 0 Å². The summed E-state index contributed by atoms with van der Waals surface area (Å²) in [5.41, 5.74) is 1.60. The average molecular weight is 252 g/mol. The number of hydrogen-bond donors (Lipinski definition) is 1. The zero-order valence-electron chi connectivity index (χ0n) is 10.4. The average Bonchev–Trinajstić information content (AvgIpc) is 2.29. The standard InChI is InChI=1S/C12H16N2O4/c1-3-18-12(15)8-13-7-10-4-5-11(14(16)17)9(2)6-10/h4-6,13H,3,7-8H2,1-2H3. The van der Waals surface area contributed by atoms with E-state index in [4.69, 9.17) is 4.74 Å². The van der Waals surface area contributed by atoms with Gasteiger partial charge in [0.15, 0.2) is 0 Å². The first-order valence-corrected chi connectivity index (χ1v) is 5.65. The topological polar surface area (TPSA) is 81.5 Å². The molecule has 0 aliphatic carbocycles. The molecule has 0 heterocycles. The Kier molecular flexibility index (Phi) is 5.26. The van der Waals surface area contributed by atoms with E-state index in [1.807, 2.05) is 0 Å². The predicted molar refractivity (Wildman–Crippen MR) is 66.2 cm³/mol. The fourth-order valence-corrected chi connectivity index (χ4v) is 1.55. The van der Waals surface area contributed by atoms with Crippen LogP contribution in [0.25, 0.3) is 0 Å². The molecule has 1 rings (SSSR count). The van der Waals surface area contributed by atoms with E-state index in [2.05, 4.69) is 5.32 Å². The predicted octanol–water partition coefficient (Wildman–Crippen LogP) is 1.56. The molecule has 1 aromatic rings. The molecule has 0 saturated carbocycles. The molecule has 0 fully saturated rings. The fraction of sp³-hybridized carbons (Fsp3) is 0.417. The molecule has 1 aromatic carbocycles. The first-order valence-electron chi connectivity index (χ1n) is 5.65. The zero-order valence-corrected chi connectivity index (χ0v) is 10.4. The summed E-state index contributed by atoms with van der Waals surface area (Å²) in [6.45, 7) is 4.39. The van der Waals surface area contributed by atoms with Crippen LogP contribution in [0.1, 0.15) is 18.1 Å². The lowest BCUT2D eigenvalue weighted by molar-refractivity contribution is -0.385. The van der Waals surface area contributed by atoms with E-state index in [0.717, 1.165) is 5.56 Å². The minimum atomic E-state index is -0.412. The van der Waals surface area contributed by atoms with Gasteiger partial charge >= 0.3 is 5.97 Å². The highest BCUT2D eigenvalue weighted by Crippen LogP contribution is 2.18. The largest absolute Gasteiger partial charge is 0.465 e. The summed E-state index contributed by atoms with van der Waals surface area (Å²) in [6.07, 6.45) is 0. The molecular weight excluding hydrogens is 236 g/mol. The molecule has 0 bridgehead atoms. The molecule has 6 nitrogen and oxygen atoms in total. The van der Waals surface area contributed by atoms with Crippen LogP contribution in [0.4, 0.5) is 5.69 Å². The summed E-state index contributed by atoms with van der Waals surface area (Å²) in [6, 6.07) is 4.87. The van der Waals surface area contributed by atoms with Crippen LogP contribution in [0.3, 0.4) is 0 Å². The van der Waals surface area contributed by atoms with Gasteiger partial charge in [0.1, 0.15) is 0 Å². The van der Waals surface area contributed by atoms with E-state index in [1.165, 1.54) is 6.07 Å². The molecule has 1 N–H and O–H groups in total. The molecule has 0 aliphatic rings. The third-order valence-corrected chi connectivity index (χ3v) is 2.36. The molecule has 0 amide bonds. The van der Waals surface area contributed by atoms with Crippen molar-refractivity contribution >= 4 is 11.7 Å². The number of esters is 1. The Balaban J connectivity index is 2.51. The number of nitrogens with one attached hydrogen (secondary N) is 1. The minimum Gasteiger partial charge on any atom is -0.465 e. The van der Waals surface area contributed by atoms with Crippen LogP contribution in [0.5, 0.6) is 0 Å². The van der Waals surface area contributed by atoms with Gasteiger partial charge in [-0.25, -0.2) is 0 Å². The number of nitro benzene ring substituents is 1. The van der Waals surface area contributed by atoms with Crippen molar-refractivity contribution in [2.24, 2.45) is 0 Å². The molecule has 0 aliphatic heterocycles. The van der Waals surface area contributed by atoms with Gasteiger partial charge in [-0.05, 0) is 25.5 Å². The van der Waals surface area contributed by atoms with Crippen LogP contribution < -0.4 is 5.32 Å². The number of benzene rings is 1. The number of rotatable bonds is 6. The lowest BCUT2D eigenvalue weighted by atomic mass is 10.1. The Bertz CT molecular complexity index is 446. The molecule has 6 heteroatoms. The lowest BCUT2D eigenvalue weighted by Gasteiger charge is -2.05. The van der Waals surface area contributed by atoms with Crippen molar-refractivity contribution in [3.8, 4) is 0 Å². The van der Waals surface area contributed by atoms with Crippen molar-refractivity contribution < 1.29 is 14.5 Å². The molecule has 0 unspecified atom stereocenters.